The quantitative estimate of drug-likeness (QED) is 0.820. The normalized spacial score (nSPS) is 25.0. The molecule has 0 fully saturated rings. The first-order chi connectivity index (χ1) is 9.84. The molecule has 0 aliphatic heterocycles. The molecule has 0 radical (unpaired) electrons. The molecule has 2 N–H and O–H groups in total. The summed E-state index contributed by atoms with van der Waals surface area (Å²) in [5, 5.41) is 20.5. The molecule has 0 bridgehead atoms. The Morgan fingerprint density at radius 3 is 2.43 bits per heavy atom. The molecule has 1 aromatic rings. The van der Waals surface area contributed by atoms with Crippen LogP contribution in [-0.2, 0) is 16.0 Å². The van der Waals surface area contributed by atoms with Crippen LogP contribution < -0.4 is 0 Å². The lowest BCUT2D eigenvalue weighted by Crippen LogP contribution is -2.53. The molecule has 0 spiro atoms. The van der Waals surface area contributed by atoms with Crippen molar-refractivity contribution < 1.29 is 19.8 Å². The maximum atomic E-state index is 12.3. The van der Waals surface area contributed by atoms with Crippen LogP contribution >= 0.6 is 0 Å². The molecule has 1 aliphatic carbocycles. The van der Waals surface area contributed by atoms with Gasteiger partial charge in [0.1, 0.15) is 6.10 Å². The van der Waals surface area contributed by atoms with Crippen LogP contribution in [0.4, 0.5) is 0 Å². The fourth-order valence-electron chi connectivity index (χ4n) is 2.53. The summed E-state index contributed by atoms with van der Waals surface area (Å²) in [6.45, 7) is 3.32. The van der Waals surface area contributed by atoms with Gasteiger partial charge in [-0.3, -0.25) is 9.59 Å². The Balaban J connectivity index is 2.23. The predicted molar refractivity (Wildman–Crippen MR) is 78.6 cm³/mol. The molecule has 4 heteroatoms. The van der Waals surface area contributed by atoms with Gasteiger partial charge in [0, 0.05) is 6.42 Å². The van der Waals surface area contributed by atoms with Crippen LogP contribution in [0.5, 0.6) is 0 Å². The number of carbonyl (C=O) groups excluding carboxylic acids is 2. The third-order valence-corrected chi connectivity index (χ3v) is 3.58. The molecular weight excluding hydrogens is 268 g/mol. The summed E-state index contributed by atoms with van der Waals surface area (Å²) in [6, 6.07) is 8.83. The lowest BCUT2D eigenvalue weighted by molar-refractivity contribution is -0.150. The van der Waals surface area contributed by atoms with Crippen LogP contribution in [0.25, 0.3) is 0 Å². The van der Waals surface area contributed by atoms with Crippen molar-refractivity contribution in [1.29, 1.82) is 0 Å². The van der Waals surface area contributed by atoms with E-state index < -0.39 is 23.3 Å². The highest BCUT2D eigenvalue weighted by Gasteiger charge is 2.46. The van der Waals surface area contributed by atoms with Crippen molar-refractivity contribution in [2.45, 2.75) is 32.0 Å². The molecule has 4 nitrogen and oxygen atoms in total. The highest BCUT2D eigenvalue weighted by Crippen LogP contribution is 2.28. The Morgan fingerprint density at radius 1 is 1.19 bits per heavy atom. The second-order valence-electron chi connectivity index (χ2n) is 5.42. The third-order valence-electron chi connectivity index (χ3n) is 3.58. The fourth-order valence-corrected chi connectivity index (χ4v) is 2.53. The Hall–Kier alpha value is -2.04. The number of allylic oxidation sites excluding steroid dienone is 2. The van der Waals surface area contributed by atoms with E-state index in [4.69, 9.17) is 0 Å². The Labute approximate surface area is 123 Å². The van der Waals surface area contributed by atoms with Gasteiger partial charge in [-0.1, -0.05) is 42.0 Å². The van der Waals surface area contributed by atoms with E-state index in [2.05, 4.69) is 0 Å². The summed E-state index contributed by atoms with van der Waals surface area (Å²) in [5.74, 6) is -1.70. The highest BCUT2D eigenvalue weighted by molar-refractivity contribution is 6.41. The van der Waals surface area contributed by atoms with E-state index in [0.717, 1.165) is 0 Å². The standard InChI is InChI=1S/C17H18O4/c1-11-8-12(2)15(19)17(21,10-11)16(20)14(18)9-13-6-4-3-5-7-13/h3-8,10,15,19,21H,9H2,1-2H3. The number of benzene rings is 1. The average molecular weight is 286 g/mol. The van der Waals surface area contributed by atoms with E-state index in [0.29, 0.717) is 16.7 Å². The molecule has 0 saturated heterocycles. The molecule has 2 rings (SSSR count). The molecule has 1 aliphatic rings. The number of Topliss-reactive ketones (excluding diaryl/α,β-unsaturated/α-hetero) is 2. The maximum absolute atomic E-state index is 12.3. The van der Waals surface area contributed by atoms with Gasteiger partial charge in [-0.15, -0.1) is 0 Å². The minimum absolute atomic E-state index is 0.0929. The second-order valence-corrected chi connectivity index (χ2v) is 5.42. The van der Waals surface area contributed by atoms with Crippen molar-refractivity contribution >= 4 is 11.6 Å². The predicted octanol–water partition coefficient (Wildman–Crippen LogP) is 1.37. The largest absolute Gasteiger partial charge is 0.385 e. The van der Waals surface area contributed by atoms with Crippen molar-refractivity contribution in [2.75, 3.05) is 0 Å². The Bertz CT molecular complexity index is 627. The summed E-state index contributed by atoms with van der Waals surface area (Å²) in [7, 11) is 0. The zero-order chi connectivity index (χ0) is 15.6. The molecule has 0 aromatic heterocycles. The molecule has 2 unspecified atom stereocenters. The topological polar surface area (TPSA) is 74.6 Å². The zero-order valence-corrected chi connectivity index (χ0v) is 12.0. The number of aliphatic hydroxyl groups excluding tert-OH is 1. The summed E-state index contributed by atoms with van der Waals surface area (Å²) >= 11 is 0. The minimum Gasteiger partial charge on any atom is -0.385 e. The van der Waals surface area contributed by atoms with Gasteiger partial charge in [-0.25, -0.2) is 0 Å². The van der Waals surface area contributed by atoms with Crippen molar-refractivity contribution in [3.63, 3.8) is 0 Å². The summed E-state index contributed by atoms with van der Waals surface area (Å²) in [5.41, 5.74) is -0.383. The van der Waals surface area contributed by atoms with Crippen LogP contribution in [-0.4, -0.2) is 33.5 Å². The van der Waals surface area contributed by atoms with Gasteiger partial charge in [-0.2, -0.15) is 0 Å². The third kappa shape index (κ3) is 3.01. The van der Waals surface area contributed by atoms with Gasteiger partial charge in [0.05, 0.1) is 0 Å². The van der Waals surface area contributed by atoms with E-state index >= 15 is 0 Å². The van der Waals surface area contributed by atoms with Gasteiger partial charge < -0.3 is 10.2 Å². The van der Waals surface area contributed by atoms with Crippen molar-refractivity contribution in [3.05, 3.63) is 59.2 Å². The SMILES string of the molecule is CC1=CC(O)(C(=O)C(=O)Cc2ccccc2)C(O)C(C)=C1. The van der Waals surface area contributed by atoms with Crippen molar-refractivity contribution in [1.82, 2.24) is 0 Å². The first-order valence-corrected chi connectivity index (χ1v) is 6.74. The number of hydrogen-bond acceptors (Lipinski definition) is 4. The number of aliphatic hydroxyl groups is 2. The van der Waals surface area contributed by atoms with E-state index in [1.54, 1.807) is 44.2 Å². The Morgan fingerprint density at radius 2 is 1.81 bits per heavy atom. The van der Waals surface area contributed by atoms with Gasteiger partial charge in [-0.05, 0) is 31.1 Å². The van der Waals surface area contributed by atoms with Crippen molar-refractivity contribution in [3.8, 4) is 0 Å². The van der Waals surface area contributed by atoms with Crippen LogP contribution in [0, 0.1) is 0 Å². The van der Waals surface area contributed by atoms with Crippen LogP contribution in [0.3, 0.4) is 0 Å². The van der Waals surface area contributed by atoms with E-state index in [9.17, 15) is 19.8 Å². The number of rotatable bonds is 4. The lowest BCUT2D eigenvalue weighted by Gasteiger charge is -2.32. The molecule has 1 aromatic carbocycles. The first-order valence-electron chi connectivity index (χ1n) is 6.74. The van der Waals surface area contributed by atoms with Crippen LogP contribution in [0.2, 0.25) is 0 Å². The monoisotopic (exact) mass is 286 g/mol. The Kier molecular flexibility index (Phi) is 4.21. The molecule has 21 heavy (non-hydrogen) atoms. The first kappa shape index (κ1) is 15.4. The molecule has 0 saturated carbocycles. The van der Waals surface area contributed by atoms with Gasteiger partial charge in [0.25, 0.3) is 0 Å². The van der Waals surface area contributed by atoms with E-state index in [-0.39, 0.29) is 6.42 Å². The number of hydrogen-bond donors (Lipinski definition) is 2. The fraction of sp³-hybridized carbons (Fsp3) is 0.294. The summed E-state index contributed by atoms with van der Waals surface area (Å²) in [6.07, 6.45) is 1.43. The summed E-state index contributed by atoms with van der Waals surface area (Å²) in [4.78, 5) is 24.4. The van der Waals surface area contributed by atoms with Crippen LogP contribution in [0.15, 0.2) is 53.6 Å². The molecule has 0 amide bonds. The average Bonchev–Trinajstić information content (AvgIpc) is 2.44. The second kappa shape index (κ2) is 5.76. The van der Waals surface area contributed by atoms with Crippen molar-refractivity contribution in [2.24, 2.45) is 0 Å². The van der Waals surface area contributed by atoms with Crippen LogP contribution in [0.1, 0.15) is 19.4 Å². The summed E-state index contributed by atoms with van der Waals surface area (Å²) < 4.78 is 0. The zero-order valence-electron chi connectivity index (χ0n) is 12.0. The van der Waals surface area contributed by atoms with Gasteiger partial charge >= 0.3 is 0 Å². The molecule has 110 valence electrons. The highest BCUT2D eigenvalue weighted by atomic mass is 16.4. The smallest absolute Gasteiger partial charge is 0.237 e. The molecular formula is C17H18O4. The number of ketones is 2. The lowest BCUT2D eigenvalue weighted by atomic mass is 9.79. The van der Waals surface area contributed by atoms with E-state index in [1.165, 1.54) is 6.08 Å². The van der Waals surface area contributed by atoms with E-state index in [1.807, 2.05) is 6.07 Å². The molecule has 2 atom stereocenters. The minimum atomic E-state index is -2.17. The van der Waals surface area contributed by atoms with Gasteiger partial charge in [0.2, 0.25) is 11.6 Å². The van der Waals surface area contributed by atoms with Gasteiger partial charge in [0.15, 0.2) is 5.60 Å². The number of carbonyl (C=O) groups is 2. The maximum Gasteiger partial charge on any atom is 0.237 e. The molecule has 0 heterocycles.